The smallest absolute Gasteiger partial charge is 0.0956 e. The van der Waals surface area contributed by atoms with Crippen LogP contribution in [0.4, 0.5) is 0 Å². The summed E-state index contributed by atoms with van der Waals surface area (Å²) in [6, 6.07) is 26.3. The molecule has 3 unspecified atom stereocenters. The summed E-state index contributed by atoms with van der Waals surface area (Å²) in [6.07, 6.45) is 32.2. The fourth-order valence-corrected chi connectivity index (χ4v) is 12.3. The lowest BCUT2D eigenvalue weighted by atomic mass is 9.82. The first kappa shape index (κ1) is 42.1. The van der Waals surface area contributed by atoms with Crippen molar-refractivity contribution in [3.63, 3.8) is 0 Å². The summed E-state index contributed by atoms with van der Waals surface area (Å²) in [5, 5.41) is 32.1. The molecule has 3 aliphatic heterocycles. The Hall–Kier alpha value is -4.83. The van der Waals surface area contributed by atoms with E-state index in [0.29, 0.717) is 17.8 Å². The SMILES string of the molecule is OC(C[C@@H]1c2ccccc2-c2cncn21)C1CCCCC1.OC(C[C@H]1c2ccccc2-c2cncn21)C1CCCCC1.O[C@@H](CC1c2ccccc2-c2cncn21)C1CCCCC1. The minimum absolute atomic E-state index is 0.197. The van der Waals surface area contributed by atoms with Gasteiger partial charge in [-0.2, -0.15) is 0 Å². The van der Waals surface area contributed by atoms with Crippen molar-refractivity contribution in [1.29, 1.82) is 0 Å². The number of aromatic nitrogens is 6. The predicted octanol–water partition coefficient (Wildman–Crippen LogP) is 11.4. The fourth-order valence-electron chi connectivity index (χ4n) is 12.3. The lowest BCUT2D eigenvalue weighted by Crippen LogP contribution is -2.26. The van der Waals surface area contributed by atoms with Crippen LogP contribution >= 0.6 is 0 Å². The third-order valence-corrected chi connectivity index (χ3v) is 15.8. The highest BCUT2D eigenvalue weighted by atomic mass is 16.3. The number of aliphatic hydroxyl groups is 3. The van der Waals surface area contributed by atoms with Crippen LogP contribution in [-0.4, -0.2) is 62.3 Å². The molecule has 9 nitrogen and oxygen atoms in total. The van der Waals surface area contributed by atoms with E-state index in [1.165, 1.54) is 147 Å². The van der Waals surface area contributed by atoms with Crippen molar-refractivity contribution in [3.8, 4) is 33.8 Å². The van der Waals surface area contributed by atoms with E-state index in [-0.39, 0.29) is 36.4 Å². The number of nitrogens with zero attached hydrogens (tertiary/aromatic N) is 6. The predicted molar refractivity (Wildman–Crippen MR) is 249 cm³/mol. The minimum atomic E-state index is -0.197. The summed E-state index contributed by atoms with van der Waals surface area (Å²) in [6.45, 7) is 0. The second-order valence-electron chi connectivity index (χ2n) is 19.5. The summed E-state index contributed by atoms with van der Waals surface area (Å²) in [4.78, 5) is 12.9. The van der Waals surface area contributed by atoms with Gasteiger partial charge in [-0.15, -0.1) is 0 Å². The van der Waals surface area contributed by atoms with Gasteiger partial charge in [0, 0.05) is 16.7 Å². The molecule has 12 rings (SSSR count). The number of rotatable bonds is 9. The Morgan fingerprint density at radius 3 is 0.952 bits per heavy atom. The Bertz CT molecular complexity index is 2150. The van der Waals surface area contributed by atoms with Gasteiger partial charge in [-0.05, 0) is 92.2 Å². The molecule has 0 bridgehead atoms. The van der Waals surface area contributed by atoms with E-state index in [4.69, 9.17) is 0 Å². The Labute approximate surface area is 373 Å². The molecule has 6 atom stereocenters. The second kappa shape index (κ2) is 19.1. The summed E-state index contributed by atoms with van der Waals surface area (Å²) < 4.78 is 6.70. The first-order valence-electron chi connectivity index (χ1n) is 24.4. The van der Waals surface area contributed by atoms with Gasteiger partial charge in [-0.3, -0.25) is 0 Å². The zero-order valence-corrected chi connectivity index (χ0v) is 36.8. The molecule has 0 saturated heterocycles. The number of benzene rings is 3. The molecule has 3 aromatic carbocycles. The molecule has 6 aromatic rings. The van der Waals surface area contributed by atoms with Crippen molar-refractivity contribution < 1.29 is 15.3 Å². The van der Waals surface area contributed by atoms with E-state index in [9.17, 15) is 15.3 Å². The first-order valence-corrected chi connectivity index (χ1v) is 24.4. The average molecular weight is 847 g/mol. The number of fused-ring (bicyclic) bond motifs is 9. The maximum Gasteiger partial charge on any atom is 0.0956 e. The van der Waals surface area contributed by atoms with Gasteiger partial charge in [0.25, 0.3) is 0 Å². The van der Waals surface area contributed by atoms with Crippen molar-refractivity contribution in [3.05, 3.63) is 127 Å². The molecule has 3 aliphatic carbocycles. The fraction of sp³-hybridized carbons (Fsp3) is 0.500. The average Bonchev–Trinajstić information content (AvgIpc) is 4.22. The lowest BCUT2D eigenvalue weighted by Gasteiger charge is -2.29. The van der Waals surface area contributed by atoms with Crippen LogP contribution in [-0.2, 0) is 0 Å². The van der Waals surface area contributed by atoms with Gasteiger partial charge in [0.15, 0.2) is 0 Å². The maximum atomic E-state index is 10.7. The van der Waals surface area contributed by atoms with Crippen molar-refractivity contribution in [2.45, 2.75) is 152 Å². The van der Waals surface area contributed by atoms with Gasteiger partial charge in [-0.25, -0.2) is 15.0 Å². The normalized spacial score (nSPS) is 22.8. The summed E-state index contributed by atoms with van der Waals surface area (Å²) in [5.74, 6) is 1.45. The third kappa shape index (κ3) is 8.61. The molecule has 63 heavy (non-hydrogen) atoms. The number of hydrogen-bond donors (Lipinski definition) is 3. The van der Waals surface area contributed by atoms with Crippen LogP contribution in [0.25, 0.3) is 33.8 Å². The lowest BCUT2D eigenvalue weighted by molar-refractivity contribution is 0.0684. The molecule has 6 aliphatic rings. The van der Waals surface area contributed by atoms with Crippen LogP contribution < -0.4 is 0 Å². The highest BCUT2D eigenvalue weighted by Crippen LogP contribution is 2.45. The van der Waals surface area contributed by atoms with Crippen LogP contribution in [0.1, 0.15) is 150 Å². The molecule has 3 N–H and O–H groups in total. The molecular weight excluding hydrogens is 781 g/mol. The van der Waals surface area contributed by atoms with Crippen LogP contribution in [0.15, 0.2) is 110 Å². The molecule has 330 valence electrons. The molecular formula is C54H66N6O3. The van der Waals surface area contributed by atoms with Gasteiger partial charge < -0.3 is 29.0 Å². The van der Waals surface area contributed by atoms with Gasteiger partial charge in [-0.1, -0.05) is 131 Å². The van der Waals surface area contributed by atoms with Crippen LogP contribution in [0, 0.1) is 17.8 Å². The van der Waals surface area contributed by atoms with Crippen molar-refractivity contribution in [2.75, 3.05) is 0 Å². The summed E-state index contributed by atoms with van der Waals surface area (Å²) in [7, 11) is 0. The van der Waals surface area contributed by atoms with Crippen LogP contribution in [0.3, 0.4) is 0 Å². The minimum Gasteiger partial charge on any atom is -0.393 e. The molecule has 3 fully saturated rings. The van der Waals surface area contributed by atoms with E-state index in [1.807, 2.05) is 37.6 Å². The number of hydrogen-bond acceptors (Lipinski definition) is 6. The van der Waals surface area contributed by atoms with Crippen LogP contribution in [0.5, 0.6) is 0 Å². The number of aliphatic hydroxyl groups excluding tert-OH is 3. The van der Waals surface area contributed by atoms with Gasteiger partial charge in [0.05, 0.1) is 91.1 Å². The van der Waals surface area contributed by atoms with Crippen molar-refractivity contribution >= 4 is 0 Å². The maximum absolute atomic E-state index is 10.7. The van der Waals surface area contributed by atoms with Crippen molar-refractivity contribution in [2.24, 2.45) is 17.8 Å². The highest BCUT2D eigenvalue weighted by molar-refractivity contribution is 5.70. The van der Waals surface area contributed by atoms with Gasteiger partial charge in [0.1, 0.15) is 0 Å². The van der Waals surface area contributed by atoms with Crippen LogP contribution in [0.2, 0.25) is 0 Å². The molecule has 0 amide bonds. The third-order valence-electron chi connectivity index (χ3n) is 15.8. The summed E-state index contributed by atoms with van der Waals surface area (Å²) in [5.41, 5.74) is 11.4. The largest absolute Gasteiger partial charge is 0.393 e. The summed E-state index contributed by atoms with van der Waals surface area (Å²) >= 11 is 0. The zero-order valence-electron chi connectivity index (χ0n) is 36.8. The Balaban J connectivity index is 0.000000112. The van der Waals surface area contributed by atoms with E-state index >= 15 is 0 Å². The zero-order chi connectivity index (χ0) is 42.7. The molecule has 0 spiro atoms. The Morgan fingerprint density at radius 2 is 0.667 bits per heavy atom. The molecule has 3 saturated carbocycles. The highest BCUT2D eigenvalue weighted by Gasteiger charge is 2.35. The molecule has 0 radical (unpaired) electrons. The Morgan fingerprint density at radius 1 is 0.397 bits per heavy atom. The first-order chi connectivity index (χ1) is 31.0. The monoisotopic (exact) mass is 847 g/mol. The number of imidazole rings is 3. The van der Waals surface area contributed by atoms with E-state index in [2.05, 4.69) is 101 Å². The standard InChI is InChI=1S/3C18H22N2O/c3*21-18(13-6-2-1-3-7-13)10-16-14-8-4-5-9-15(14)17-11-19-12-20(16)17/h3*4-5,8-9,11-13,16,18,21H,1-3,6-7,10H2/t16?,18-;2*16-,18?/m010/s1. The van der Waals surface area contributed by atoms with Gasteiger partial charge in [0.2, 0.25) is 0 Å². The molecule has 6 heterocycles. The Kier molecular flexibility index (Phi) is 12.8. The second-order valence-corrected chi connectivity index (χ2v) is 19.5. The topological polar surface area (TPSA) is 114 Å². The molecule has 3 aromatic heterocycles. The quantitative estimate of drug-likeness (QED) is 0.134. The van der Waals surface area contributed by atoms with E-state index < -0.39 is 0 Å². The van der Waals surface area contributed by atoms with E-state index in [1.54, 1.807) is 0 Å². The van der Waals surface area contributed by atoms with Gasteiger partial charge >= 0.3 is 0 Å². The molecule has 9 heteroatoms. The van der Waals surface area contributed by atoms with Crippen molar-refractivity contribution in [1.82, 2.24) is 28.7 Å². The van der Waals surface area contributed by atoms with E-state index in [0.717, 1.165) is 19.3 Å².